The molecule has 3 nitrogen and oxygen atoms in total. The molecule has 0 amide bonds. The molecule has 0 atom stereocenters. The highest BCUT2D eigenvalue weighted by atomic mass is 14.9. The summed E-state index contributed by atoms with van der Waals surface area (Å²) in [6.45, 7) is 0. The highest BCUT2D eigenvalue weighted by molar-refractivity contribution is 6.05. The van der Waals surface area contributed by atoms with Gasteiger partial charge >= 0.3 is 0 Å². The van der Waals surface area contributed by atoms with Crippen molar-refractivity contribution in [2.75, 3.05) is 0 Å². The van der Waals surface area contributed by atoms with E-state index in [1.807, 2.05) is 12.1 Å². The van der Waals surface area contributed by atoms with Gasteiger partial charge in [-0.05, 0) is 56.9 Å². The van der Waals surface area contributed by atoms with Gasteiger partial charge in [-0.1, -0.05) is 115 Å². The van der Waals surface area contributed by atoms with Crippen molar-refractivity contribution in [3.8, 4) is 33.9 Å². The van der Waals surface area contributed by atoms with Crippen LogP contribution in [0, 0.1) is 0 Å². The van der Waals surface area contributed by atoms with E-state index in [1.165, 1.54) is 27.3 Å². The number of pyridine rings is 1. The summed E-state index contributed by atoms with van der Waals surface area (Å²) in [5.41, 5.74) is 6.93. The molecule has 0 aliphatic carbocycles. The Morgan fingerprint density at radius 1 is 0.325 bits per heavy atom. The maximum atomic E-state index is 5.17. The van der Waals surface area contributed by atoms with Gasteiger partial charge in [-0.2, -0.15) is 0 Å². The van der Waals surface area contributed by atoms with Gasteiger partial charge in [0.1, 0.15) is 5.69 Å². The second-order valence-electron chi connectivity index (χ2n) is 10.0. The maximum Gasteiger partial charge on any atom is 0.161 e. The van der Waals surface area contributed by atoms with Gasteiger partial charge in [0.05, 0.1) is 16.7 Å². The Labute approximate surface area is 231 Å². The van der Waals surface area contributed by atoms with Crippen molar-refractivity contribution in [3.63, 3.8) is 0 Å². The summed E-state index contributed by atoms with van der Waals surface area (Å²) in [5.74, 6) is 0.705. The standard InChI is InChI=1S/C37H23N3/c1-3-14-26-24(10-1)12-7-17-28(26)29-18-9-21-33-30(29)22-23-35(38-33)36-32-16-5-6-20-34(32)39-37(40-36)31-19-8-13-25-11-2-4-15-27(25)31/h1-23H. The summed E-state index contributed by atoms with van der Waals surface area (Å²) < 4.78 is 0. The molecule has 0 aliphatic heterocycles. The monoisotopic (exact) mass is 509 g/mol. The van der Waals surface area contributed by atoms with Gasteiger partial charge < -0.3 is 0 Å². The van der Waals surface area contributed by atoms with Crippen LogP contribution in [0.3, 0.4) is 0 Å². The normalized spacial score (nSPS) is 11.5. The quantitative estimate of drug-likeness (QED) is 0.238. The van der Waals surface area contributed by atoms with Crippen LogP contribution in [0.1, 0.15) is 0 Å². The molecule has 0 aliphatic rings. The molecular weight excluding hydrogens is 486 g/mol. The number of rotatable bonds is 3. The zero-order valence-electron chi connectivity index (χ0n) is 21.6. The van der Waals surface area contributed by atoms with Gasteiger partial charge in [-0.3, -0.25) is 0 Å². The number of hydrogen-bond acceptors (Lipinski definition) is 3. The Hall–Kier alpha value is -5.41. The third kappa shape index (κ3) is 3.63. The number of nitrogens with zero attached hydrogens (tertiary/aromatic N) is 3. The fourth-order valence-corrected chi connectivity index (χ4v) is 5.79. The first-order valence-corrected chi connectivity index (χ1v) is 13.5. The first kappa shape index (κ1) is 22.6. The van der Waals surface area contributed by atoms with Crippen molar-refractivity contribution in [3.05, 3.63) is 140 Å². The number of aromatic nitrogens is 3. The van der Waals surface area contributed by atoms with Crippen molar-refractivity contribution in [2.45, 2.75) is 0 Å². The van der Waals surface area contributed by atoms with Gasteiger partial charge in [-0.15, -0.1) is 0 Å². The van der Waals surface area contributed by atoms with Gasteiger partial charge in [0, 0.05) is 16.3 Å². The predicted molar refractivity (Wildman–Crippen MR) is 166 cm³/mol. The molecule has 0 saturated carbocycles. The number of para-hydroxylation sites is 1. The lowest BCUT2D eigenvalue weighted by molar-refractivity contribution is 1.22. The van der Waals surface area contributed by atoms with E-state index in [4.69, 9.17) is 15.0 Å². The van der Waals surface area contributed by atoms with Gasteiger partial charge in [0.15, 0.2) is 5.82 Å². The Kier molecular flexibility index (Phi) is 5.14. The zero-order chi connectivity index (χ0) is 26.5. The fraction of sp³-hybridized carbons (Fsp3) is 0. The summed E-state index contributed by atoms with van der Waals surface area (Å²) in [6, 6.07) is 48.5. The Morgan fingerprint density at radius 3 is 1.62 bits per heavy atom. The van der Waals surface area contributed by atoms with Gasteiger partial charge in [-0.25, -0.2) is 15.0 Å². The minimum atomic E-state index is 0.705. The molecule has 2 heterocycles. The highest BCUT2D eigenvalue weighted by Gasteiger charge is 2.15. The number of hydrogen-bond donors (Lipinski definition) is 0. The lowest BCUT2D eigenvalue weighted by atomic mass is 9.95. The smallest absolute Gasteiger partial charge is 0.161 e. The molecule has 0 bridgehead atoms. The van der Waals surface area contributed by atoms with Gasteiger partial charge in [0.25, 0.3) is 0 Å². The topological polar surface area (TPSA) is 38.7 Å². The lowest BCUT2D eigenvalue weighted by Crippen LogP contribution is -1.97. The van der Waals surface area contributed by atoms with E-state index in [-0.39, 0.29) is 0 Å². The molecule has 0 spiro atoms. The highest BCUT2D eigenvalue weighted by Crippen LogP contribution is 2.36. The van der Waals surface area contributed by atoms with Crippen molar-refractivity contribution < 1.29 is 0 Å². The van der Waals surface area contributed by atoms with E-state index in [1.54, 1.807) is 0 Å². The zero-order valence-corrected chi connectivity index (χ0v) is 21.6. The van der Waals surface area contributed by atoms with Crippen molar-refractivity contribution >= 4 is 43.4 Å². The van der Waals surface area contributed by atoms with E-state index < -0.39 is 0 Å². The lowest BCUT2D eigenvalue weighted by Gasteiger charge is -2.13. The van der Waals surface area contributed by atoms with Crippen molar-refractivity contribution in [1.82, 2.24) is 15.0 Å². The summed E-state index contributed by atoms with van der Waals surface area (Å²) in [6.07, 6.45) is 0. The van der Waals surface area contributed by atoms with Crippen molar-refractivity contribution in [1.29, 1.82) is 0 Å². The SMILES string of the molecule is c1ccc2c(-c3nc(-c4ccc5c(-c6cccc7ccccc67)cccc5n4)c4ccccc4n3)cccc2c1. The van der Waals surface area contributed by atoms with Crippen LogP contribution in [0.4, 0.5) is 0 Å². The van der Waals surface area contributed by atoms with Crippen molar-refractivity contribution in [2.24, 2.45) is 0 Å². The summed E-state index contributed by atoms with van der Waals surface area (Å²) in [5, 5.41) is 6.89. The molecule has 6 aromatic carbocycles. The molecular formula is C37H23N3. The van der Waals surface area contributed by atoms with Gasteiger partial charge in [0.2, 0.25) is 0 Å². The molecule has 3 heteroatoms. The molecule has 186 valence electrons. The van der Waals surface area contributed by atoms with Crippen LogP contribution >= 0.6 is 0 Å². The molecule has 8 rings (SSSR count). The van der Waals surface area contributed by atoms with Crippen LogP contribution in [-0.2, 0) is 0 Å². The van der Waals surface area contributed by atoms with Crippen LogP contribution in [0.2, 0.25) is 0 Å². The van der Waals surface area contributed by atoms with E-state index in [9.17, 15) is 0 Å². The molecule has 40 heavy (non-hydrogen) atoms. The third-order valence-electron chi connectivity index (χ3n) is 7.69. The molecule has 8 aromatic rings. The fourth-order valence-electron chi connectivity index (χ4n) is 5.79. The van der Waals surface area contributed by atoms with E-state index in [2.05, 4.69) is 127 Å². The average Bonchev–Trinajstić information content (AvgIpc) is 3.03. The first-order chi connectivity index (χ1) is 19.8. The maximum absolute atomic E-state index is 5.17. The molecule has 2 aromatic heterocycles. The van der Waals surface area contributed by atoms with E-state index in [0.29, 0.717) is 5.82 Å². The molecule has 0 fully saturated rings. The summed E-state index contributed by atoms with van der Waals surface area (Å²) in [7, 11) is 0. The Balaban J connectivity index is 1.34. The van der Waals surface area contributed by atoms with Crippen LogP contribution in [-0.4, -0.2) is 15.0 Å². The van der Waals surface area contributed by atoms with Crippen LogP contribution in [0.15, 0.2) is 140 Å². The predicted octanol–water partition coefficient (Wildman–Crippen LogP) is 9.49. The minimum Gasteiger partial charge on any atom is -0.246 e. The van der Waals surface area contributed by atoms with E-state index in [0.717, 1.165) is 44.1 Å². The summed E-state index contributed by atoms with van der Waals surface area (Å²) in [4.78, 5) is 15.3. The molecule has 0 unspecified atom stereocenters. The van der Waals surface area contributed by atoms with Crippen LogP contribution in [0.5, 0.6) is 0 Å². The second kappa shape index (κ2) is 9.11. The average molecular weight is 510 g/mol. The van der Waals surface area contributed by atoms with E-state index >= 15 is 0 Å². The molecule has 0 saturated heterocycles. The number of benzene rings is 6. The first-order valence-electron chi connectivity index (χ1n) is 13.5. The molecule has 0 N–H and O–H groups in total. The largest absolute Gasteiger partial charge is 0.246 e. The van der Waals surface area contributed by atoms with Crippen LogP contribution in [0.25, 0.3) is 77.3 Å². The Bertz CT molecular complexity index is 2220. The molecule has 0 radical (unpaired) electrons. The summed E-state index contributed by atoms with van der Waals surface area (Å²) >= 11 is 0. The third-order valence-corrected chi connectivity index (χ3v) is 7.69. The number of fused-ring (bicyclic) bond motifs is 4. The van der Waals surface area contributed by atoms with Crippen LogP contribution < -0.4 is 0 Å². The Morgan fingerprint density at radius 2 is 0.850 bits per heavy atom. The second-order valence-corrected chi connectivity index (χ2v) is 10.0. The minimum absolute atomic E-state index is 0.705.